The second kappa shape index (κ2) is 11.1. The van der Waals surface area contributed by atoms with E-state index in [2.05, 4.69) is 36.0 Å². The topological polar surface area (TPSA) is 93.1 Å². The van der Waals surface area contributed by atoms with Gasteiger partial charge < -0.3 is 5.32 Å². The molecule has 0 saturated carbocycles. The lowest BCUT2D eigenvalue weighted by Crippen LogP contribution is -2.41. The van der Waals surface area contributed by atoms with Gasteiger partial charge in [-0.25, -0.2) is 9.78 Å². The van der Waals surface area contributed by atoms with Crippen LogP contribution in [0, 0.1) is 5.92 Å². The number of hydrogen-bond donors (Lipinski definition) is 2. The minimum Gasteiger partial charge on any atom is -0.338 e. The summed E-state index contributed by atoms with van der Waals surface area (Å²) in [6.45, 7) is 8.63. The lowest BCUT2D eigenvalue weighted by Gasteiger charge is -2.11. The second-order valence-electron chi connectivity index (χ2n) is 7.57. The summed E-state index contributed by atoms with van der Waals surface area (Å²) in [6.07, 6.45) is 2.45. The Labute approximate surface area is 194 Å². The number of nitrogens with one attached hydrogen (secondary N) is 2. The van der Waals surface area contributed by atoms with E-state index in [-0.39, 0.29) is 17.9 Å². The Hall–Kier alpha value is -2.91. The van der Waals surface area contributed by atoms with Gasteiger partial charge in [-0.3, -0.25) is 19.5 Å². The Morgan fingerprint density at radius 3 is 2.72 bits per heavy atom. The Morgan fingerprint density at radius 2 is 2.03 bits per heavy atom. The molecule has 2 aromatic heterocycles. The maximum Gasteiger partial charge on any atom is 0.321 e. The fraction of sp³-hybridized carbons (Fsp3) is 0.304. The van der Waals surface area contributed by atoms with Crippen molar-refractivity contribution in [3.05, 3.63) is 58.7 Å². The molecular weight excluding hydrogens is 444 g/mol. The Bertz CT molecular complexity index is 1170. The van der Waals surface area contributed by atoms with Gasteiger partial charge in [-0.15, -0.1) is 17.9 Å². The molecule has 0 fully saturated rings. The summed E-state index contributed by atoms with van der Waals surface area (Å²) in [5.74, 6) is -0.0274. The summed E-state index contributed by atoms with van der Waals surface area (Å²) < 4.78 is 1.51. The average Bonchev–Trinajstić information content (AvgIpc) is 3.19. The predicted molar refractivity (Wildman–Crippen MR) is 131 cm³/mol. The van der Waals surface area contributed by atoms with Gasteiger partial charge in [0.25, 0.3) is 5.56 Å². The van der Waals surface area contributed by atoms with Crippen molar-refractivity contribution in [1.29, 1.82) is 0 Å². The summed E-state index contributed by atoms with van der Waals surface area (Å²) in [6, 6.07) is 9.17. The zero-order valence-corrected chi connectivity index (χ0v) is 19.7. The van der Waals surface area contributed by atoms with Crippen LogP contribution in [0.1, 0.15) is 20.3 Å². The third-order valence-electron chi connectivity index (χ3n) is 4.65. The minimum absolute atomic E-state index is 0.0381. The van der Waals surface area contributed by atoms with Gasteiger partial charge in [0, 0.05) is 24.0 Å². The fourth-order valence-electron chi connectivity index (χ4n) is 3.05. The maximum atomic E-state index is 13.3. The average molecular weight is 471 g/mol. The van der Waals surface area contributed by atoms with E-state index < -0.39 is 11.9 Å². The molecule has 0 radical (unpaired) electrons. The normalized spacial score (nSPS) is 11.0. The summed E-state index contributed by atoms with van der Waals surface area (Å²) in [5.41, 5.74) is 1.61. The molecule has 0 aliphatic heterocycles. The molecule has 0 aliphatic rings. The zero-order valence-electron chi connectivity index (χ0n) is 18.1. The van der Waals surface area contributed by atoms with Gasteiger partial charge in [0.2, 0.25) is 5.91 Å². The molecule has 0 aliphatic carbocycles. The van der Waals surface area contributed by atoms with Crippen LogP contribution in [0.25, 0.3) is 21.3 Å². The molecule has 0 unspecified atom stereocenters. The van der Waals surface area contributed by atoms with Crippen molar-refractivity contribution >= 4 is 45.3 Å². The van der Waals surface area contributed by atoms with Crippen molar-refractivity contribution in [3.63, 3.8) is 0 Å². The smallest absolute Gasteiger partial charge is 0.321 e. The minimum atomic E-state index is -0.520. The van der Waals surface area contributed by atoms with Crippen molar-refractivity contribution in [2.75, 3.05) is 12.3 Å². The van der Waals surface area contributed by atoms with Gasteiger partial charge in [0.15, 0.2) is 5.16 Å². The molecular formula is C23H26N4O3S2. The van der Waals surface area contributed by atoms with E-state index in [0.717, 1.165) is 29.3 Å². The largest absolute Gasteiger partial charge is 0.338 e. The van der Waals surface area contributed by atoms with E-state index in [4.69, 9.17) is 0 Å². The van der Waals surface area contributed by atoms with E-state index in [1.165, 1.54) is 15.9 Å². The van der Waals surface area contributed by atoms with Crippen LogP contribution >= 0.6 is 23.1 Å². The molecule has 3 aromatic rings. The number of amides is 3. The third-order valence-corrected chi connectivity index (χ3v) is 6.50. The SMILES string of the molecule is C=CCn1c(SCC(=O)NC(=O)NCCC(C)C)nc2scc(-c3ccccc3)c2c1=O. The van der Waals surface area contributed by atoms with Gasteiger partial charge in [0.05, 0.1) is 11.1 Å². The number of fused-ring (bicyclic) bond motifs is 1. The highest BCUT2D eigenvalue weighted by Crippen LogP contribution is 2.32. The molecule has 7 nitrogen and oxygen atoms in total. The number of imide groups is 1. The van der Waals surface area contributed by atoms with Gasteiger partial charge in [-0.2, -0.15) is 0 Å². The highest BCUT2D eigenvalue weighted by atomic mass is 32.2. The van der Waals surface area contributed by atoms with Gasteiger partial charge in [-0.1, -0.05) is 62.0 Å². The van der Waals surface area contributed by atoms with Crippen LogP contribution in [-0.2, 0) is 11.3 Å². The Morgan fingerprint density at radius 1 is 1.28 bits per heavy atom. The number of urea groups is 1. The summed E-state index contributed by atoms with van der Waals surface area (Å²) in [7, 11) is 0. The van der Waals surface area contributed by atoms with Crippen molar-refractivity contribution in [1.82, 2.24) is 20.2 Å². The number of aromatic nitrogens is 2. The number of carbonyl (C=O) groups excluding carboxylic acids is 2. The monoisotopic (exact) mass is 470 g/mol. The summed E-state index contributed by atoms with van der Waals surface area (Å²) >= 11 is 2.51. The molecule has 2 heterocycles. The molecule has 168 valence electrons. The molecule has 9 heteroatoms. The van der Waals surface area contributed by atoms with Crippen molar-refractivity contribution < 1.29 is 9.59 Å². The van der Waals surface area contributed by atoms with Gasteiger partial charge >= 0.3 is 6.03 Å². The summed E-state index contributed by atoms with van der Waals surface area (Å²) in [5, 5.41) is 7.87. The fourth-order valence-corrected chi connectivity index (χ4v) is 4.84. The molecule has 0 spiro atoms. The van der Waals surface area contributed by atoms with Crippen LogP contribution < -0.4 is 16.2 Å². The highest BCUT2D eigenvalue weighted by molar-refractivity contribution is 7.99. The van der Waals surface area contributed by atoms with Crippen LogP contribution in [0.5, 0.6) is 0 Å². The van der Waals surface area contributed by atoms with Crippen molar-refractivity contribution in [2.45, 2.75) is 32.0 Å². The lowest BCUT2D eigenvalue weighted by atomic mass is 10.1. The van der Waals surface area contributed by atoms with Crippen LogP contribution in [0.4, 0.5) is 4.79 Å². The second-order valence-corrected chi connectivity index (χ2v) is 9.37. The Balaban J connectivity index is 1.77. The predicted octanol–water partition coefficient (Wildman–Crippen LogP) is 4.28. The van der Waals surface area contributed by atoms with Gasteiger partial charge in [0.1, 0.15) is 4.83 Å². The molecule has 0 saturated heterocycles. The third kappa shape index (κ3) is 5.86. The molecule has 0 atom stereocenters. The first-order valence-electron chi connectivity index (χ1n) is 10.3. The molecule has 3 amide bonds. The first kappa shape index (κ1) is 23.7. The number of thioether (sulfide) groups is 1. The lowest BCUT2D eigenvalue weighted by molar-refractivity contribution is -0.117. The molecule has 32 heavy (non-hydrogen) atoms. The van der Waals surface area contributed by atoms with E-state index >= 15 is 0 Å². The zero-order chi connectivity index (χ0) is 23.1. The summed E-state index contributed by atoms with van der Waals surface area (Å²) in [4.78, 5) is 42.6. The molecule has 0 bridgehead atoms. The number of nitrogens with zero attached hydrogens (tertiary/aromatic N) is 2. The number of benzene rings is 1. The van der Waals surface area contributed by atoms with E-state index in [0.29, 0.717) is 27.8 Å². The first-order valence-corrected chi connectivity index (χ1v) is 12.2. The van der Waals surface area contributed by atoms with Crippen molar-refractivity contribution in [2.24, 2.45) is 5.92 Å². The number of thiophene rings is 1. The number of carbonyl (C=O) groups is 2. The van der Waals surface area contributed by atoms with Crippen LogP contribution in [-0.4, -0.2) is 33.8 Å². The number of allylic oxidation sites excluding steroid dienone is 1. The maximum absolute atomic E-state index is 13.3. The van der Waals surface area contributed by atoms with Gasteiger partial charge in [-0.05, 0) is 17.9 Å². The number of hydrogen-bond acceptors (Lipinski definition) is 6. The highest BCUT2D eigenvalue weighted by Gasteiger charge is 2.18. The quantitative estimate of drug-likeness (QED) is 0.277. The van der Waals surface area contributed by atoms with E-state index in [1.54, 1.807) is 6.08 Å². The van der Waals surface area contributed by atoms with E-state index in [1.807, 2.05) is 35.7 Å². The van der Waals surface area contributed by atoms with Crippen molar-refractivity contribution in [3.8, 4) is 11.1 Å². The van der Waals surface area contributed by atoms with Crippen LogP contribution in [0.3, 0.4) is 0 Å². The first-order chi connectivity index (χ1) is 15.4. The standard InChI is InChI=1S/C23H26N4O3S2/c1-4-12-27-21(29)19-17(16-8-6-5-7-9-16)13-31-20(19)26-23(27)32-14-18(28)25-22(30)24-11-10-15(2)3/h4-9,13,15H,1,10-12,14H2,2-3H3,(H2,24,25,28,30). The molecule has 3 rings (SSSR count). The van der Waals surface area contributed by atoms with E-state index in [9.17, 15) is 14.4 Å². The number of rotatable bonds is 9. The Kier molecular flexibility index (Phi) is 8.24. The van der Waals surface area contributed by atoms with Crippen LogP contribution in [0.15, 0.2) is 58.3 Å². The molecule has 2 N–H and O–H groups in total. The molecule has 1 aromatic carbocycles. The van der Waals surface area contributed by atoms with Crippen LogP contribution in [0.2, 0.25) is 0 Å².